The van der Waals surface area contributed by atoms with E-state index in [2.05, 4.69) is 15.0 Å². The van der Waals surface area contributed by atoms with Gasteiger partial charge in [-0.05, 0) is 13.0 Å². The molecule has 0 aliphatic carbocycles. The fourth-order valence-corrected chi connectivity index (χ4v) is 1.19. The van der Waals surface area contributed by atoms with Crippen LogP contribution < -0.4 is 5.73 Å². The van der Waals surface area contributed by atoms with Crippen molar-refractivity contribution in [3.8, 4) is 11.3 Å². The number of pyridine rings is 1. The molecule has 76 valence electrons. The molecule has 0 saturated carbocycles. The maximum absolute atomic E-state index is 13.1. The summed E-state index contributed by atoms with van der Waals surface area (Å²) >= 11 is 0. The van der Waals surface area contributed by atoms with Crippen LogP contribution in [-0.2, 0) is 0 Å². The monoisotopic (exact) mass is 204 g/mol. The van der Waals surface area contributed by atoms with Crippen LogP contribution in [0.5, 0.6) is 0 Å². The normalized spacial score (nSPS) is 10.3. The lowest BCUT2D eigenvalue weighted by Crippen LogP contribution is -1.96. The fourth-order valence-electron chi connectivity index (χ4n) is 1.19. The minimum absolute atomic E-state index is 0.112. The van der Waals surface area contributed by atoms with Gasteiger partial charge in [-0.3, -0.25) is 4.98 Å². The SMILES string of the molecule is Cc1cncc(-c2cnc(N)c(F)c2)n1. The van der Waals surface area contributed by atoms with Gasteiger partial charge in [-0.1, -0.05) is 0 Å². The molecule has 2 aromatic rings. The molecule has 0 atom stereocenters. The molecule has 0 unspecified atom stereocenters. The molecule has 0 aliphatic rings. The van der Waals surface area contributed by atoms with Gasteiger partial charge in [-0.2, -0.15) is 0 Å². The van der Waals surface area contributed by atoms with Gasteiger partial charge in [0.1, 0.15) is 0 Å². The molecule has 4 nitrogen and oxygen atoms in total. The van der Waals surface area contributed by atoms with E-state index >= 15 is 0 Å². The van der Waals surface area contributed by atoms with Crippen LogP contribution in [0.25, 0.3) is 11.3 Å². The molecular weight excluding hydrogens is 195 g/mol. The second-order valence-corrected chi connectivity index (χ2v) is 3.14. The van der Waals surface area contributed by atoms with Crippen molar-refractivity contribution in [2.45, 2.75) is 6.92 Å². The third-order valence-corrected chi connectivity index (χ3v) is 1.92. The summed E-state index contributed by atoms with van der Waals surface area (Å²) in [5, 5.41) is 0. The van der Waals surface area contributed by atoms with E-state index in [-0.39, 0.29) is 5.82 Å². The van der Waals surface area contributed by atoms with Gasteiger partial charge in [0, 0.05) is 18.0 Å². The van der Waals surface area contributed by atoms with Crippen LogP contribution in [0.4, 0.5) is 10.2 Å². The first kappa shape index (κ1) is 9.51. The van der Waals surface area contributed by atoms with Gasteiger partial charge < -0.3 is 5.73 Å². The van der Waals surface area contributed by atoms with Crippen LogP contribution in [0.3, 0.4) is 0 Å². The van der Waals surface area contributed by atoms with Gasteiger partial charge in [0.2, 0.25) is 0 Å². The Hall–Kier alpha value is -2.04. The summed E-state index contributed by atoms with van der Waals surface area (Å²) in [6.07, 6.45) is 4.66. The highest BCUT2D eigenvalue weighted by Crippen LogP contribution is 2.18. The highest BCUT2D eigenvalue weighted by molar-refractivity contribution is 5.58. The Morgan fingerprint density at radius 3 is 2.73 bits per heavy atom. The Balaban J connectivity index is 2.50. The Kier molecular flexibility index (Phi) is 2.29. The minimum atomic E-state index is -0.546. The lowest BCUT2D eigenvalue weighted by molar-refractivity contribution is 0.627. The maximum Gasteiger partial charge on any atom is 0.165 e. The zero-order valence-electron chi connectivity index (χ0n) is 8.11. The molecule has 0 aliphatic heterocycles. The van der Waals surface area contributed by atoms with E-state index < -0.39 is 5.82 Å². The number of anilines is 1. The molecule has 2 rings (SSSR count). The van der Waals surface area contributed by atoms with E-state index in [1.54, 1.807) is 12.4 Å². The molecule has 15 heavy (non-hydrogen) atoms. The lowest BCUT2D eigenvalue weighted by Gasteiger charge is -2.02. The number of aromatic nitrogens is 3. The van der Waals surface area contributed by atoms with E-state index in [1.807, 2.05) is 6.92 Å². The third-order valence-electron chi connectivity index (χ3n) is 1.92. The highest BCUT2D eigenvalue weighted by atomic mass is 19.1. The summed E-state index contributed by atoms with van der Waals surface area (Å²) in [5.74, 6) is -0.657. The average Bonchev–Trinajstić information content (AvgIpc) is 2.22. The van der Waals surface area contributed by atoms with Crippen LogP contribution >= 0.6 is 0 Å². The summed E-state index contributed by atoms with van der Waals surface area (Å²) in [6, 6.07) is 1.30. The van der Waals surface area contributed by atoms with Crippen molar-refractivity contribution < 1.29 is 4.39 Å². The summed E-state index contributed by atoms with van der Waals surface area (Å²) in [4.78, 5) is 11.9. The van der Waals surface area contributed by atoms with Crippen LogP contribution in [0.15, 0.2) is 24.7 Å². The summed E-state index contributed by atoms with van der Waals surface area (Å²) in [7, 11) is 0. The van der Waals surface area contributed by atoms with Gasteiger partial charge in [0.15, 0.2) is 11.6 Å². The second-order valence-electron chi connectivity index (χ2n) is 3.14. The maximum atomic E-state index is 13.1. The van der Waals surface area contributed by atoms with Crippen molar-refractivity contribution in [1.82, 2.24) is 15.0 Å². The van der Waals surface area contributed by atoms with Crippen molar-refractivity contribution in [1.29, 1.82) is 0 Å². The summed E-state index contributed by atoms with van der Waals surface area (Å²) in [6.45, 7) is 1.82. The molecule has 2 aromatic heterocycles. The van der Waals surface area contributed by atoms with Crippen LogP contribution in [0.2, 0.25) is 0 Å². The van der Waals surface area contributed by atoms with Crippen molar-refractivity contribution in [2.75, 3.05) is 5.73 Å². The standard InChI is InChI=1S/C10H9FN4/c1-6-3-13-5-9(15-6)7-2-8(11)10(12)14-4-7/h2-5H,1H3,(H2,12,14). The molecule has 0 saturated heterocycles. The van der Waals surface area contributed by atoms with Crippen molar-refractivity contribution in [3.05, 3.63) is 36.2 Å². The number of rotatable bonds is 1. The number of nitrogen functional groups attached to an aromatic ring is 1. The van der Waals surface area contributed by atoms with Crippen LogP contribution in [0, 0.1) is 12.7 Å². The zero-order valence-corrected chi connectivity index (χ0v) is 8.11. The number of nitrogens with two attached hydrogens (primary N) is 1. The van der Waals surface area contributed by atoms with E-state index in [0.29, 0.717) is 11.3 Å². The first-order valence-corrected chi connectivity index (χ1v) is 4.37. The number of halogens is 1. The first-order valence-electron chi connectivity index (χ1n) is 4.37. The van der Waals surface area contributed by atoms with E-state index in [4.69, 9.17) is 5.73 Å². The minimum Gasteiger partial charge on any atom is -0.381 e. The van der Waals surface area contributed by atoms with Crippen molar-refractivity contribution in [3.63, 3.8) is 0 Å². The molecule has 5 heteroatoms. The third kappa shape index (κ3) is 1.90. The van der Waals surface area contributed by atoms with Gasteiger partial charge in [0.25, 0.3) is 0 Å². The van der Waals surface area contributed by atoms with Crippen molar-refractivity contribution >= 4 is 5.82 Å². The molecule has 0 bridgehead atoms. The van der Waals surface area contributed by atoms with Crippen molar-refractivity contribution in [2.24, 2.45) is 0 Å². The quantitative estimate of drug-likeness (QED) is 0.765. The highest BCUT2D eigenvalue weighted by Gasteiger charge is 2.05. The molecule has 0 spiro atoms. The molecule has 0 amide bonds. The second kappa shape index (κ2) is 3.61. The largest absolute Gasteiger partial charge is 0.381 e. The number of aryl methyl sites for hydroxylation is 1. The Bertz CT molecular complexity index is 499. The Labute approximate surface area is 86.0 Å². The number of hydrogen-bond acceptors (Lipinski definition) is 4. The average molecular weight is 204 g/mol. The van der Waals surface area contributed by atoms with E-state index in [1.165, 1.54) is 12.3 Å². The van der Waals surface area contributed by atoms with Gasteiger partial charge in [-0.25, -0.2) is 14.4 Å². The fraction of sp³-hybridized carbons (Fsp3) is 0.100. The molecule has 0 radical (unpaired) electrons. The molecule has 2 N–H and O–H groups in total. The lowest BCUT2D eigenvalue weighted by atomic mass is 10.2. The molecule has 2 heterocycles. The predicted molar refractivity (Wildman–Crippen MR) is 54.4 cm³/mol. The molecule has 0 fully saturated rings. The smallest absolute Gasteiger partial charge is 0.165 e. The molecular formula is C10H9FN4. The number of hydrogen-bond donors (Lipinski definition) is 1. The van der Waals surface area contributed by atoms with E-state index in [0.717, 1.165) is 5.69 Å². The van der Waals surface area contributed by atoms with Crippen LogP contribution in [-0.4, -0.2) is 15.0 Å². The van der Waals surface area contributed by atoms with Gasteiger partial charge in [0.05, 0.1) is 17.6 Å². The number of nitrogens with zero attached hydrogens (tertiary/aromatic N) is 3. The topological polar surface area (TPSA) is 64.7 Å². The summed E-state index contributed by atoms with van der Waals surface area (Å²) < 4.78 is 13.1. The molecule has 0 aromatic carbocycles. The first-order chi connectivity index (χ1) is 7.16. The Morgan fingerprint density at radius 1 is 1.27 bits per heavy atom. The predicted octanol–water partition coefficient (Wildman–Crippen LogP) is 1.57. The van der Waals surface area contributed by atoms with Gasteiger partial charge >= 0.3 is 0 Å². The van der Waals surface area contributed by atoms with E-state index in [9.17, 15) is 4.39 Å². The zero-order chi connectivity index (χ0) is 10.8. The van der Waals surface area contributed by atoms with Gasteiger partial charge in [-0.15, -0.1) is 0 Å². The van der Waals surface area contributed by atoms with Crippen LogP contribution in [0.1, 0.15) is 5.69 Å². The Morgan fingerprint density at radius 2 is 2.07 bits per heavy atom. The summed E-state index contributed by atoms with van der Waals surface area (Å²) in [5.41, 5.74) is 7.19.